The lowest BCUT2D eigenvalue weighted by molar-refractivity contribution is -0.132. The third kappa shape index (κ3) is 5.53. The van der Waals surface area contributed by atoms with E-state index in [1.807, 2.05) is 43.1 Å². The minimum atomic E-state index is -0.107. The number of rotatable bonds is 6. The van der Waals surface area contributed by atoms with Gasteiger partial charge in [-0.15, -0.1) is 11.8 Å². The number of anilines is 1. The number of carbonyl (C=O) groups excluding carboxylic acids is 2. The Morgan fingerprint density at radius 1 is 1.33 bits per heavy atom. The van der Waals surface area contributed by atoms with Crippen LogP contribution in [0, 0.1) is 5.92 Å². The molecule has 1 saturated heterocycles. The molecule has 2 rings (SSSR count). The zero-order valence-electron chi connectivity index (χ0n) is 14.7. The van der Waals surface area contributed by atoms with Crippen molar-refractivity contribution >= 4 is 29.3 Å². The molecule has 2 amide bonds. The van der Waals surface area contributed by atoms with Gasteiger partial charge in [-0.2, -0.15) is 0 Å². The average Bonchev–Trinajstić information content (AvgIpc) is 2.56. The first-order chi connectivity index (χ1) is 11.5. The van der Waals surface area contributed by atoms with Crippen LogP contribution in [0.3, 0.4) is 0 Å². The van der Waals surface area contributed by atoms with Crippen LogP contribution in [0.4, 0.5) is 5.69 Å². The summed E-state index contributed by atoms with van der Waals surface area (Å²) in [4.78, 5) is 26.8. The monoisotopic (exact) mass is 349 g/mol. The molecule has 0 aromatic heterocycles. The molecule has 2 unspecified atom stereocenters. The molecule has 0 aliphatic carbocycles. The lowest BCUT2D eigenvalue weighted by Gasteiger charge is -2.34. The van der Waals surface area contributed by atoms with Crippen LogP contribution in [0.2, 0.25) is 0 Å². The van der Waals surface area contributed by atoms with Gasteiger partial charge >= 0.3 is 0 Å². The number of nitrogens with zero attached hydrogens (tertiary/aromatic N) is 1. The van der Waals surface area contributed by atoms with Crippen molar-refractivity contribution in [1.82, 2.24) is 10.2 Å². The van der Waals surface area contributed by atoms with E-state index in [0.717, 1.165) is 36.6 Å². The van der Waals surface area contributed by atoms with E-state index < -0.39 is 0 Å². The zero-order chi connectivity index (χ0) is 17.5. The Morgan fingerprint density at radius 3 is 2.67 bits per heavy atom. The largest absolute Gasteiger partial charge is 0.341 e. The molecule has 1 aliphatic rings. The van der Waals surface area contributed by atoms with Gasteiger partial charge in [0.05, 0.1) is 5.25 Å². The molecule has 132 valence electrons. The lowest BCUT2D eigenvalue weighted by Crippen LogP contribution is -2.45. The van der Waals surface area contributed by atoms with Crippen molar-refractivity contribution in [3.05, 3.63) is 24.3 Å². The minimum Gasteiger partial charge on any atom is -0.341 e. The molecule has 2 atom stereocenters. The number of benzene rings is 1. The van der Waals surface area contributed by atoms with Crippen LogP contribution >= 0.6 is 11.8 Å². The number of hydrogen-bond donors (Lipinski definition) is 2. The Kier molecular flexibility index (Phi) is 7.12. The van der Waals surface area contributed by atoms with Gasteiger partial charge in [0.2, 0.25) is 11.8 Å². The third-order valence-electron chi connectivity index (χ3n) is 4.16. The first-order valence-electron chi connectivity index (χ1n) is 8.47. The first kappa shape index (κ1) is 18.8. The molecule has 1 aromatic carbocycles. The Morgan fingerprint density at radius 2 is 2.04 bits per heavy atom. The molecule has 1 aliphatic heterocycles. The lowest BCUT2D eigenvalue weighted by atomic mass is 9.98. The number of piperidine rings is 1. The predicted molar refractivity (Wildman–Crippen MR) is 99.3 cm³/mol. The third-order valence-corrected chi connectivity index (χ3v) is 5.26. The number of hydrogen-bond acceptors (Lipinski definition) is 4. The molecular formula is C18H27N3O2S. The summed E-state index contributed by atoms with van der Waals surface area (Å²) in [5, 5.41) is 5.85. The number of nitrogens with one attached hydrogen (secondary N) is 2. The van der Waals surface area contributed by atoms with Crippen LogP contribution in [0.15, 0.2) is 29.2 Å². The number of carbonyl (C=O) groups is 2. The van der Waals surface area contributed by atoms with E-state index in [4.69, 9.17) is 0 Å². The van der Waals surface area contributed by atoms with E-state index in [-0.39, 0.29) is 17.1 Å². The average molecular weight is 350 g/mol. The fourth-order valence-corrected chi connectivity index (χ4v) is 4.00. The fourth-order valence-electron chi connectivity index (χ4n) is 3.05. The van der Waals surface area contributed by atoms with E-state index in [9.17, 15) is 9.59 Å². The van der Waals surface area contributed by atoms with Gasteiger partial charge < -0.3 is 15.5 Å². The van der Waals surface area contributed by atoms with Gasteiger partial charge in [0, 0.05) is 30.6 Å². The molecule has 1 fully saturated rings. The number of amides is 2. The van der Waals surface area contributed by atoms with Crippen LogP contribution in [0.1, 0.15) is 26.7 Å². The number of thioether (sulfide) groups is 1. The van der Waals surface area contributed by atoms with Gasteiger partial charge in [-0.1, -0.05) is 0 Å². The smallest absolute Gasteiger partial charge is 0.235 e. The van der Waals surface area contributed by atoms with E-state index in [2.05, 4.69) is 10.6 Å². The zero-order valence-corrected chi connectivity index (χ0v) is 15.5. The summed E-state index contributed by atoms with van der Waals surface area (Å²) >= 11 is 1.57. The van der Waals surface area contributed by atoms with Crippen molar-refractivity contribution in [1.29, 1.82) is 0 Å². The van der Waals surface area contributed by atoms with Crippen LogP contribution in [0.5, 0.6) is 0 Å². The standard InChI is InChI=1S/C18H27N3O2S/c1-13(18(23)21-10-4-5-15(12-21)11-19-3)24-17-8-6-16(7-9-17)20-14(2)22/h6-9,13,15,19H,4-5,10-12H2,1-3H3,(H,20,22). The fraction of sp³-hybridized carbons (Fsp3) is 0.556. The predicted octanol–water partition coefficient (Wildman–Crippen LogP) is 2.58. The summed E-state index contributed by atoms with van der Waals surface area (Å²) in [7, 11) is 1.96. The number of likely N-dealkylation sites (tertiary alicyclic amines) is 1. The summed E-state index contributed by atoms with van der Waals surface area (Å²) in [6, 6.07) is 7.62. The molecule has 0 spiro atoms. The van der Waals surface area contributed by atoms with E-state index in [0.29, 0.717) is 5.92 Å². The van der Waals surface area contributed by atoms with E-state index >= 15 is 0 Å². The molecule has 2 N–H and O–H groups in total. The molecular weight excluding hydrogens is 322 g/mol. The summed E-state index contributed by atoms with van der Waals surface area (Å²) in [6.45, 7) is 6.15. The van der Waals surface area contributed by atoms with Crippen LogP contribution in [-0.2, 0) is 9.59 Å². The van der Waals surface area contributed by atoms with E-state index in [1.165, 1.54) is 13.3 Å². The first-order valence-corrected chi connectivity index (χ1v) is 9.35. The second kappa shape index (κ2) is 9.08. The summed E-state index contributed by atoms with van der Waals surface area (Å²) in [5.41, 5.74) is 0.775. The maximum Gasteiger partial charge on any atom is 0.235 e. The van der Waals surface area contributed by atoms with Crippen LogP contribution < -0.4 is 10.6 Å². The normalized spacial score (nSPS) is 19.0. The van der Waals surface area contributed by atoms with Gasteiger partial charge in [0.15, 0.2) is 0 Å². The van der Waals surface area contributed by atoms with Gasteiger partial charge in [-0.3, -0.25) is 9.59 Å². The molecule has 0 bridgehead atoms. The molecule has 24 heavy (non-hydrogen) atoms. The van der Waals surface area contributed by atoms with Crippen molar-refractivity contribution in [2.75, 3.05) is 32.0 Å². The van der Waals surface area contributed by atoms with Crippen molar-refractivity contribution in [2.45, 2.75) is 36.8 Å². The minimum absolute atomic E-state index is 0.0832. The topological polar surface area (TPSA) is 61.4 Å². The highest BCUT2D eigenvalue weighted by Crippen LogP contribution is 2.27. The maximum atomic E-state index is 12.7. The summed E-state index contributed by atoms with van der Waals surface area (Å²) in [6.07, 6.45) is 2.28. The Balaban J connectivity index is 1.90. The van der Waals surface area contributed by atoms with Gasteiger partial charge in [0.25, 0.3) is 0 Å². The highest BCUT2D eigenvalue weighted by atomic mass is 32.2. The van der Waals surface area contributed by atoms with Crippen molar-refractivity contribution < 1.29 is 9.59 Å². The second-order valence-corrected chi connectivity index (χ2v) is 7.73. The highest BCUT2D eigenvalue weighted by Gasteiger charge is 2.26. The van der Waals surface area contributed by atoms with Crippen molar-refractivity contribution in [3.63, 3.8) is 0 Å². The Bertz CT molecular complexity index is 560. The molecule has 1 aromatic rings. The van der Waals surface area contributed by atoms with Gasteiger partial charge in [-0.05, 0) is 63.5 Å². The molecule has 0 saturated carbocycles. The second-order valence-electron chi connectivity index (χ2n) is 6.32. The van der Waals surface area contributed by atoms with Crippen LogP contribution in [0.25, 0.3) is 0 Å². The van der Waals surface area contributed by atoms with Gasteiger partial charge in [-0.25, -0.2) is 0 Å². The van der Waals surface area contributed by atoms with Gasteiger partial charge in [0.1, 0.15) is 0 Å². The molecule has 6 heteroatoms. The van der Waals surface area contributed by atoms with Crippen LogP contribution in [-0.4, -0.2) is 48.6 Å². The summed E-state index contributed by atoms with van der Waals surface area (Å²) < 4.78 is 0. The SMILES string of the molecule is CNCC1CCCN(C(=O)C(C)Sc2ccc(NC(C)=O)cc2)C1. The molecule has 5 nitrogen and oxygen atoms in total. The van der Waals surface area contributed by atoms with E-state index in [1.54, 1.807) is 11.8 Å². The maximum absolute atomic E-state index is 12.7. The highest BCUT2D eigenvalue weighted by molar-refractivity contribution is 8.00. The molecule has 0 radical (unpaired) electrons. The summed E-state index contributed by atoms with van der Waals surface area (Å²) in [5.74, 6) is 0.689. The quantitative estimate of drug-likeness (QED) is 0.775. The Labute approximate surface area is 148 Å². The molecule has 1 heterocycles. The van der Waals surface area contributed by atoms with Crippen molar-refractivity contribution in [3.8, 4) is 0 Å². The Hall–Kier alpha value is -1.53. The van der Waals surface area contributed by atoms with Crippen molar-refractivity contribution in [2.24, 2.45) is 5.92 Å².